The van der Waals surface area contributed by atoms with E-state index in [1.807, 2.05) is 19.1 Å². The van der Waals surface area contributed by atoms with E-state index in [1.165, 1.54) is 0 Å². The molecular formula is C11H15ClF3N. The van der Waals surface area contributed by atoms with Crippen LogP contribution in [0.5, 0.6) is 0 Å². The molecule has 1 atom stereocenters. The van der Waals surface area contributed by atoms with Crippen molar-refractivity contribution in [3.05, 3.63) is 35.4 Å². The second-order valence-electron chi connectivity index (χ2n) is 3.62. The largest absolute Gasteiger partial charge is 0.389 e. The zero-order valence-electron chi connectivity index (χ0n) is 8.92. The zero-order valence-corrected chi connectivity index (χ0v) is 9.74. The summed E-state index contributed by atoms with van der Waals surface area (Å²) in [6.45, 7) is 1.85. The van der Waals surface area contributed by atoms with Crippen molar-refractivity contribution in [3.63, 3.8) is 0 Å². The van der Waals surface area contributed by atoms with Crippen LogP contribution in [0.15, 0.2) is 24.3 Å². The predicted octanol–water partition coefficient (Wildman–Crippen LogP) is 3.76. The summed E-state index contributed by atoms with van der Waals surface area (Å²) < 4.78 is 35.9. The van der Waals surface area contributed by atoms with Crippen LogP contribution in [0.4, 0.5) is 13.2 Å². The average Bonchev–Trinajstić information content (AvgIpc) is 2.14. The lowest BCUT2D eigenvalue weighted by molar-refractivity contribution is -0.136. The molecule has 0 heterocycles. The summed E-state index contributed by atoms with van der Waals surface area (Å²) in [7, 11) is 0. The number of benzene rings is 1. The smallest absolute Gasteiger partial charge is 0.324 e. The number of aryl methyl sites for hydroxylation is 1. The Bertz CT molecular complexity index is 325. The van der Waals surface area contributed by atoms with Gasteiger partial charge in [-0.25, -0.2) is 0 Å². The Hall–Kier alpha value is -0.740. The van der Waals surface area contributed by atoms with E-state index in [-0.39, 0.29) is 18.8 Å². The van der Waals surface area contributed by atoms with E-state index in [9.17, 15) is 13.2 Å². The molecule has 0 unspecified atom stereocenters. The molecule has 1 aromatic carbocycles. The van der Waals surface area contributed by atoms with Crippen LogP contribution in [0, 0.1) is 6.92 Å². The quantitative estimate of drug-likeness (QED) is 0.872. The first-order valence-corrected chi connectivity index (χ1v) is 4.78. The van der Waals surface area contributed by atoms with Crippen molar-refractivity contribution in [3.8, 4) is 0 Å². The second kappa shape index (κ2) is 6.11. The lowest BCUT2D eigenvalue weighted by Gasteiger charge is -2.15. The van der Waals surface area contributed by atoms with Crippen molar-refractivity contribution in [2.45, 2.75) is 32.0 Å². The highest BCUT2D eigenvalue weighted by Gasteiger charge is 2.27. The minimum Gasteiger partial charge on any atom is -0.324 e. The van der Waals surface area contributed by atoms with E-state index in [0.717, 1.165) is 11.1 Å². The standard InChI is InChI=1S/C11H14F3N.ClH/c1-8-4-2-3-5-9(8)10(15)6-7-11(12,13)14;/h2-5,10H,6-7,15H2,1H3;1H/t10-;/m0./s1. The maximum atomic E-state index is 12.0. The van der Waals surface area contributed by atoms with Crippen LogP contribution in [0.3, 0.4) is 0 Å². The van der Waals surface area contributed by atoms with E-state index in [0.29, 0.717) is 0 Å². The highest BCUT2D eigenvalue weighted by atomic mass is 35.5. The molecule has 0 radical (unpaired) electrons. The van der Waals surface area contributed by atoms with Gasteiger partial charge in [-0.3, -0.25) is 0 Å². The van der Waals surface area contributed by atoms with E-state index in [4.69, 9.17) is 5.73 Å². The predicted molar refractivity (Wildman–Crippen MR) is 60.6 cm³/mol. The summed E-state index contributed by atoms with van der Waals surface area (Å²) >= 11 is 0. The second-order valence-corrected chi connectivity index (χ2v) is 3.62. The van der Waals surface area contributed by atoms with Gasteiger partial charge in [0.05, 0.1) is 0 Å². The zero-order chi connectivity index (χ0) is 11.5. The van der Waals surface area contributed by atoms with Crippen molar-refractivity contribution in [2.75, 3.05) is 0 Å². The lowest BCUT2D eigenvalue weighted by atomic mass is 9.98. The van der Waals surface area contributed by atoms with Crippen LogP contribution in [-0.2, 0) is 0 Å². The molecule has 0 aromatic heterocycles. The number of rotatable bonds is 3. The van der Waals surface area contributed by atoms with Crippen molar-refractivity contribution < 1.29 is 13.2 Å². The van der Waals surface area contributed by atoms with Gasteiger partial charge in [-0.05, 0) is 24.5 Å². The Kier molecular flexibility index (Phi) is 5.83. The minimum atomic E-state index is -4.12. The molecule has 0 aliphatic heterocycles. The molecule has 0 bridgehead atoms. The van der Waals surface area contributed by atoms with Gasteiger partial charge in [-0.1, -0.05) is 24.3 Å². The first-order chi connectivity index (χ1) is 6.90. The highest BCUT2D eigenvalue weighted by Crippen LogP contribution is 2.27. The number of nitrogens with two attached hydrogens (primary N) is 1. The molecule has 0 saturated carbocycles. The third kappa shape index (κ3) is 4.86. The van der Waals surface area contributed by atoms with Crippen molar-refractivity contribution in [1.29, 1.82) is 0 Å². The van der Waals surface area contributed by atoms with Crippen LogP contribution in [0.25, 0.3) is 0 Å². The van der Waals surface area contributed by atoms with Gasteiger partial charge in [0.2, 0.25) is 0 Å². The van der Waals surface area contributed by atoms with Gasteiger partial charge >= 0.3 is 6.18 Å². The maximum absolute atomic E-state index is 12.0. The minimum absolute atomic E-state index is 0. The summed E-state index contributed by atoms with van der Waals surface area (Å²) in [4.78, 5) is 0. The highest BCUT2D eigenvalue weighted by molar-refractivity contribution is 5.85. The molecule has 0 amide bonds. The number of halogens is 4. The lowest BCUT2D eigenvalue weighted by Crippen LogP contribution is -2.16. The summed E-state index contributed by atoms with van der Waals surface area (Å²) in [6, 6.07) is 6.72. The molecule has 92 valence electrons. The topological polar surface area (TPSA) is 26.0 Å². The Morgan fingerprint density at radius 2 is 1.81 bits per heavy atom. The number of alkyl halides is 3. The molecule has 2 N–H and O–H groups in total. The summed E-state index contributed by atoms with van der Waals surface area (Å²) in [5.74, 6) is 0. The van der Waals surface area contributed by atoms with Crippen molar-refractivity contribution in [1.82, 2.24) is 0 Å². The summed E-state index contributed by atoms with van der Waals surface area (Å²) in [5.41, 5.74) is 7.43. The maximum Gasteiger partial charge on any atom is 0.389 e. The monoisotopic (exact) mass is 253 g/mol. The molecule has 0 saturated heterocycles. The first kappa shape index (κ1) is 15.3. The van der Waals surface area contributed by atoms with Gasteiger partial charge in [0.25, 0.3) is 0 Å². The molecule has 1 nitrogen and oxygen atoms in total. The van der Waals surface area contributed by atoms with Gasteiger partial charge in [0.1, 0.15) is 0 Å². The Morgan fingerprint density at radius 1 is 1.25 bits per heavy atom. The van der Waals surface area contributed by atoms with Crippen LogP contribution in [0.1, 0.15) is 30.0 Å². The Morgan fingerprint density at radius 3 is 2.31 bits per heavy atom. The molecule has 0 aliphatic carbocycles. The van der Waals surface area contributed by atoms with E-state index >= 15 is 0 Å². The van der Waals surface area contributed by atoms with E-state index in [1.54, 1.807) is 12.1 Å². The van der Waals surface area contributed by atoms with Crippen LogP contribution < -0.4 is 5.73 Å². The number of hydrogen-bond acceptors (Lipinski definition) is 1. The Labute approximate surface area is 99.2 Å². The molecule has 0 spiro atoms. The fourth-order valence-corrected chi connectivity index (χ4v) is 1.48. The van der Waals surface area contributed by atoms with E-state index < -0.39 is 18.6 Å². The van der Waals surface area contributed by atoms with Gasteiger partial charge in [-0.2, -0.15) is 13.2 Å². The molecule has 16 heavy (non-hydrogen) atoms. The third-order valence-electron chi connectivity index (χ3n) is 2.33. The SMILES string of the molecule is Cc1ccccc1[C@@H](N)CCC(F)(F)F.Cl. The summed E-state index contributed by atoms with van der Waals surface area (Å²) in [5, 5.41) is 0. The number of hydrogen-bond donors (Lipinski definition) is 1. The van der Waals surface area contributed by atoms with Crippen molar-refractivity contribution in [2.24, 2.45) is 5.73 Å². The van der Waals surface area contributed by atoms with Gasteiger partial charge in [0.15, 0.2) is 0 Å². The molecule has 1 aromatic rings. The molecule has 0 fully saturated rings. The molecular weight excluding hydrogens is 239 g/mol. The fraction of sp³-hybridized carbons (Fsp3) is 0.455. The van der Waals surface area contributed by atoms with Crippen molar-refractivity contribution >= 4 is 12.4 Å². The third-order valence-corrected chi connectivity index (χ3v) is 2.33. The van der Waals surface area contributed by atoms with Gasteiger partial charge in [0, 0.05) is 12.5 Å². The molecule has 1 rings (SSSR count). The van der Waals surface area contributed by atoms with Gasteiger partial charge in [-0.15, -0.1) is 12.4 Å². The molecule has 5 heteroatoms. The van der Waals surface area contributed by atoms with Gasteiger partial charge < -0.3 is 5.73 Å². The average molecular weight is 254 g/mol. The Balaban J connectivity index is 0.00000225. The summed E-state index contributed by atoms with van der Waals surface area (Å²) in [6.07, 6.45) is -5.02. The first-order valence-electron chi connectivity index (χ1n) is 4.78. The van der Waals surface area contributed by atoms with Crippen LogP contribution in [0.2, 0.25) is 0 Å². The van der Waals surface area contributed by atoms with Crippen LogP contribution in [-0.4, -0.2) is 6.18 Å². The fourth-order valence-electron chi connectivity index (χ4n) is 1.48. The molecule has 0 aliphatic rings. The van der Waals surface area contributed by atoms with Crippen LogP contribution >= 0.6 is 12.4 Å². The van der Waals surface area contributed by atoms with E-state index in [2.05, 4.69) is 0 Å². The normalized spacial score (nSPS) is 13.1.